The molecule has 0 radical (unpaired) electrons. The largest absolute Gasteiger partial charge is 0.265 e. The normalized spacial score (nSPS) is 11.6. The summed E-state index contributed by atoms with van der Waals surface area (Å²) in [6.45, 7) is 0. The Balaban J connectivity index is 2.68. The molecule has 3 aromatic rings. The van der Waals surface area contributed by atoms with Crippen LogP contribution in [0.5, 0.6) is 0 Å². The maximum absolute atomic E-state index is 5.98. The molecule has 0 aliphatic carbocycles. The molecule has 0 aliphatic rings. The smallest absolute Gasteiger partial charge is 0.187 e. The van der Waals surface area contributed by atoms with Gasteiger partial charge in [0.15, 0.2) is 10.8 Å². The number of fused-ring (bicyclic) bond motifs is 3. The van der Waals surface area contributed by atoms with E-state index in [9.17, 15) is 0 Å². The first-order valence-electron chi connectivity index (χ1n) is 3.94. The fraction of sp³-hybridized carbons (Fsp3) is 0.143. The summed E-state index contributed by atoms with van der Waals surface area (Å²) < 4.78 is 3.06. The number of halogens is 1. The van der Waals surface area contributed by atoms with Crippen molar-refractivity contribution in [2.24, 2.45) is 7.05 Å². The van der Waals surface area contributed by atoms with E-state index >= 15 is 0 Å². The van der Waals surface area contributed by atoms with Crippen LogP contribution < -0.4 is 0 Å². The highest BCUT2D eigenvalue weighted by atomic mass is 35.5. The Labute approximate surface area is 83.1 Å². The molecule has 0 N–H and O–H groups in total. The van der Waals surface area contributed by atoms with E-state index in [4.69, 9.17) is 11.6 Å². The van der Waals surface area contributed by atoms with Crippen LogP contribution >= 0.6 is 11.6 Å². The molecule has 0 saturated heterocycles. The third-order valence-corrected chi connectivity index (χ3v) is 2.34. The molecule has 7 heteroatoms. The molecule has 0 atom stereocenters. The lowest BCUT2D eigenvalue weighted by atomic mass is 10.4. The van der Waals surface area contributed by atoms with Crippen molar-refractivity contribution in [1.29, 1.82) is 0 Å². The van der Waals surface area contributed by atoms with Crippen LogP contribution in [-0.2, 0) is 7.05 Å². The Hall–Kier alpha value is -1.69. The van der Waals surface area contributed by atoms with E-state index in [0.717, 1.165) is 10.9 Å². The number of aryl methyl sites for hydroxylation is 1. The molecule has 0 aromatic carbocycles. The summed E-state index contributed by atoms with van der Waals surface area (Å²) in [5.41, 5.74) is 1.43. The van der Waals surface area contributed by atoms with Gasteiger partial charge in [-0.25, -0.2) is 4.98 Å². The highest BCUT2D eigenvalue weighted by molar-refractivity contribution is 6.34. The van der Waals surface area contributed by atoms with Gasteiger partial charge in [0, 0.05) is 7.05 Å². The number of hydrogen-bond acceptors (Lipinski definition) is 4. The van der Waals surface area contributed by atoms with Crippen LogP contribution in [0.25, 0.3) is 16.6 Å². The van der Waals surface area contributed by atoms with Crippen LogP contribution in [0.1, 0.15) is 0 Å². The van der Waals surface area contributed by atoms with E-state index in [-0.39, 0.29) is 0 Å². The van der Waals surface area contributed by atoms with Gasteiger partial charge in [0.2, 0.25) is 0 Å². The summed E-state index contributed by atoms with van der Waals surface area (Å²) in [6.07, 6.45) is 3.14. The van der Waals surface area contributed by atoms with E-state index in [1.807, 2.05) is 7.05 Å². The summed E-state index contributed by atoms with van der Waals surface area (Å²) in [5, 5.41) is 13.3. The fourth-order valence-corrected chi connectivity index (χ4v) is 1.76. The van der Waals surface area contributed by atoms with Gasteiger partial charge in [-0.05, 0) is 0 Å². The molecule has 70 valence electrons. The summed E-state index contributed by atoms with van der Waals surface area (Å²) in [4.78, 5) is 4.08. The maximum atomic E-state index is 5.98. The van der Waals surface area contributed by atoms with Gasteiger partial charge >= 0.3 is 0 Å². The van der Waals surface area contributed by atoms with E-state index in [2.05, 4.69) is 20.3 Å². The zero-order chi connectivity index (χ0) is 9.71. The van der Waals surface area contributed by atoms with E-state index < -0.39 is 0 Å². The van der Waals surface area contributed by atoms with Crippen LogP contribution in [0.3, 0.4) is 0 Å². The number of nitrogens with zero attached hydrogens (tertiary/aromatic N) is 6. The first-order chi connectivity index (χ1) is 6.77. The second-order valence-electron chi connectivity index (χ2n) is 2.89. The van der Waals surface area contributed by atoms with Crippen LogP contribution in [0.15, 0.2) is 12.5 Å². The molecule has 3 rings (SSSR count). The van der Waals surface area contributed by atoms with Crippen LogP contribution in [0.2, 0.25) is 5.15 Å². The minimum atomic E-state index is 0.373. The summed E-state index contributed by atoms with van der Waals surface area (Å²) in [6, 6.07) is 0. The van der Waals surface area contributed by atoms with Gasteiger partial charge in [-0.2, -0.15) is 5.10 Å². The van der Waals surface area contributed by atoms with E-state index in [1.165, 1.54) is 11.0 Å². The Morgan fingerprint density at radius 1 is 1.36 bits per heavy atom. The lowest BCUT2D eigenvalue weighted by molar-refractivity contribution is 0.779. The van der Waals surface area contributed by atoms with Crippen molar-refractivity contribution in [2.45, 2.75) is 0 Å². The monoisotopic (exact) mass is 208 g/mol. The first-order valence-corrected chi connectivity index (χ1v) is 4.32. The Bertz CT molecular complexity index is 623. The molecule has 0 saturated carbocycles. The average molecular weight is 209 g/mol. The number of rotatable bonds is 0. The van der Waals surface area contributed by atoms with E-state index in [0.29, 0.717) is 10.8 Å². The highest BCUT2D eigenvalue weighted by Crippen LogP contribution is 2.22. The standard InChI is InChI=1S/C7H5ClN6/c1-13-5-4(2-10-13)7-9-3-11-14(7)12-6(5)8/h2-3H,1H3. The quantitative estimate of drug-likeness (QED) is 0.545. The van der Waals surface area contributed by atoms with Crippen molar-refractivity contribution in [2.75, 3.05) is 0 Å². The second kappa shape index (κ2) is 2.42. The Morgan fingerprint density at radius 2 is 2.21 bits per heavy atom. The molecule has 0 spiro atoms. The lowest BCUT2D eigenvalue weighted by Gasteiger charge is -1.97. The van der Waals surface area contributed by atoms with Crippen molar-refractivity contribution in [3.05, 3.63) is 17.7 Å². The summed E-state index contributed by atoms with van der Waals surface area (Å²) in [7, 11) is 1.81. The first kappa shape index (κ1) is 7.69. The van der Waals surface area contributed by atoms with Gasteiger partial charge in [-0.15, -0.1) is 14.8 Å². The van der Waals surface area contributed by atoms with Crippen molar-refractivity contribution in [1.82, 2.24) is 29.6 Å². The van der Waals surface area contributed by atoms with Gasteiger partial charge in [0.1, 0.15) is 11.8 Å². The third kappa shape index (κ3) is 0.805. The molecule has 14 heavy (non-hydrogen) atoms. The molecule has 3 aromatic heterocycles. The predicted molar refractivity (Wildman–Crippen MR) is 50.1 cm³/mol. The van der Waals surface area contributed by atoms with Gasteiger partial charge in [-0.3, -0.25) is 4.68 Å². The molecule has 0 unspecified atom stereocenters. The van der Waals surface area contributed by atoms with Gasteiger partial charge in [0.05, 0.1) is 11.6 Å². The molecule has 0 amide bonds. The molecule has 0 aliphatic heterocycles. The average Bonchev–Trinajstić information content (AvgIpc) is 2.71. The van der Waals surface area contributed by atoms with Gasteiger partial charge in [0.25, 0.3) is 0 Å². The predicted octanol–water partition coefficient (Wildman–Crippen LogP) is 0.664. The van der Waals surface area contributed by atoms with E-state index in [1.54, 1.807) is 10.9 Å². The molecular formula is C7H5ClN6. The minimum Gasteiger partial charge on any atom is -0.265 e. The SMILES string of the molecule is Cn1ncc2c1c(Cl)nn1ncnc21. The van der Waals surface area contributed by atoms with Crippen LogP contribution in [-0.4, -0.2) is 29.6 Å². The Morgan fingerprint density at radius 3 is 3.07 bits per heavy atom. The van der Waals surface area contributed by atoms with Crippen molar-refractivity contribution in [3.63, 3.8) is 0 Å². The Kier molecular flexibility index (Phi) is 1.33. The zero-order valence-electron chi connectivity index (χ0n) is 7.22. The van der Waals surface area contributed by atoms with Crippen molar-refractivity contribution < 1.29 is 0 Å². The van der Waals surface area contributed by atoms with Crippen LogP contribution in [0.4, 0.5) is 0 Å². The molecule has 0 bridgehead atoms. The summed E-state index contributed by atoms with van der Waals surface area (Å²) >= 11 is 5.98. The number of hydrogen-bond donors (Lipinski definition) is 0. The molecule has 6 nitrogen and oxygen atoms in total. The van der Waals surface area contributed by atoms with Crippen molar-refractivity contribution >= 4 is 28.2 Å². The molecule has 0 fully saturated rings. The number of aromatic nitrogens is 6. The fourth-order valence-electron chi connectivity index (χ4n) is 1.46. The third-order valence-electron chi connectivity index (χ3n) is 2.09. The highest BCUT2D eigenvalue weighted by Gasteiger charge is 2.11. The second-order valence-corrected chi connectivity index (χ2v) is 3.25. The molecule has 3 heterocycles. The van der Waals surface area contributed by atoms with Gasteiger partial charge in [-0.1, -0.05) is 11.6 Å². The van der Waals surface area contributed by atoms with Gasteiger partial charge < -0.3 is 0 Å². The zero-order valence-corrected chi connectivity index (χ0v) is 7.97. The molecular weight excluding hydrogens is 204 g/mol. The summed E-state index contributed by atoms with van der Waals surface area (Å²) in [5.74, 6) is 0. The minimum absolute atomic E-state index is 0.373. The topological polar surface area (TPSA) is 60.9 Å². The van der Waals surface area contributed by atoms with Crippen molar-refractivity contribution in [3.8, 4) is 0 Å². The lowest BCUT2D eigenvalue weighted by Crippen LogP contribution is -1.97. The maximum Gasteiger partial charge on any atom is 0.187 e. The van der Waals surface area contributed by atoms with Crippen LogP contribution in [0, 0.1) is 0 Å².